The maximum absolute atomic E-state index is 5.17. The Morgan fingerprint density at radius 1 is 1.42 bits per heavy atom. The van der Waals surface area contributed by atoms with Crippen molar-refractivity contribution < 1.29 is 4.74 Å². The minimum Gasteiger partial charge on any atom is -0.480 e. The summed E-state index contributed by atoms with van der Waals surface area (Å²) in [6.07, 6.45) is 4.74. The first-order valence-corrected chi connectivity index (χ1v) is 6.58. The van der Waals surface area contributed by atoms with Gasteiger partial charge in [-0.05, 0) is 20.0 Å². The molecule has 3 rings (SSSR count). The van der Waals surface area contributed by atoms with Crippen molar-refractivity contribution in [2.75, 3.05) is 33.8 Å². The number of hydrogen-bond acceptors (Lipinski definition) is 5. The average molecular weight is 261 g/mol. The van der Waals surface area contributed by atoms with Gasteiger partial charge in [0.2, 0.25) is 5.88 Å². The summed E-state index contributed by atoms with van der Waals surface area (Å²) in [4.78, 5) is 14.4. The lowest BCUT2D eigenvalue weighted by Crippen LogP contribution is -2.26. The number of aromatic amines is 1. The van der Waals surface area contributed by atoms with Crippen molar-refractivity contribution in [3.63, 3.8) is 0 Å². The van der Waals surface area contributed by atoms with Crippen LogP contribution in [-0.4, -0.2) is 53.6 Å². The molecule has 0 aromatic carbocycles. The minimum atomic E-state index is 0.366. The maximum Gasteiger partial charge on any atom is 0.232 e. The molecule has 0 saturated carbocycles. The summed E-state index contributed by atoms with van der Waals surface area (Å²) in [6.45, 7) is 3.10. The van der Waals surface area contributed by atoms with Gasteiger partial charge in [0.05, 0.1) is 13.3 Å². The van der Waals surface area contributed by atoms with Crippen molar-refractivity contribution in [2.24, 2.45) is 0 Å². The topological polar surface area (TPSA) is 66.1 Å². The van der Waals surface area contributed by atoms with Crippen LogP contribution in [0.4, 0.5) is 0 Å². The Labute approximate surface area is 112 Å². The van der Waals surface area contributed by atoms with Gasteiger partial charge in [-0.1, -0.05) is 0 Å². The van der Waals surface area contributed by atoms with Crippen LogP contribution in [0.3, 0.4) is 0 Å². The van der Waals surface area contributed by atoms with E-state index in [2.05, 4.69) is 32.2 Å². The van der Waals surface area contributed by atoms with Crippen LogP contribution in [0.5, 0.6) is 5.88 Å². The van der Waals surface area contributed by atoms with E-state index < -0.39 is 0 Å². The number of methoxy groups -OCH3 is 1. The van der Waals surface area contributed by atoms with Gasteiger partial charge in [-0.3, -0.25) is 4.90 Å². The molecule has 3 heterocycles. The molecule has 2 aromatic rings. The minimum absolute atomic E-state index is 0.366. The summed E-state index contributed by atoms with van der Waals surface area (Å²) >= 11 is 0. The van der Waals surface area contributed by atoms with E-state index in [0.29, 0.717) is 11.9 Å². The summed E-state index contributed by atoms with van der Waals surface area (Å²) in [7, 11) is 3.77. The van der Waals surface area contributed by atoms with Crippen molar-refractivity contribution in [3.05, 3.63) is 18.0 Å². The van der Waals surface area contributed by atoms with E-state index >= 15 is 0 Å². The summed E-state index contributed by atoms with van der Waals surface area (Å²) in [6, 6.07) is 0.366. The highest BCUT2D eigenvalue weighted by molar-refractivity contribution is 5.76. The van der Waals surface area contributed by atoms with E-state index in [1.54, 1.807) is 13.3 Å². The highest BCUT2D eigenvalue weighted by Gasteiger charge is 2.23. The van der Waals surface area contributed by atoms with Crippen LogP contribution in [0.1, 0.15) is 18.0 Å². The zero-order chi connectivity index (χ0) is 13.2. The molecule has 0 aliphatic carbocycles. The van der Waals surface area contributed by atoms with Crippen LogP contribution >= 0.6 is 0 Å². The lowest BCUT2D eigenvalue weighted by Gasteiger charge is -2.24. The first kappa shape index (κ1) is 12.4. The Hall–Kier alpha value is -1.66. The molecule has 6 heteroatoms. The van der Waals surface area contributed by atoms with Crippen LogP contribution < -0.4 is 10.1 Å². The number of likely N-dealkylation sites (N-methyl/N-ethyl adjacent to an activating group) is 1. The number of fused-ring (bicyclic) bond motifs is 1. The molecule has 1 unspecified atom stereocenters. The first-order chi connectivity index (χ1) is 9.29. The van der Waals surface area contributed by atoms with Gasteiger partial charge in [0.25, 0.3) is 0 Å². The maximum atomic E-state index is 5.17. The normalized spacial score (nSPS) is 21.5. The Morgan fingerprint density at radius 3 is 3.16 bits per heavy atom. The molecule has 0 spiro atoms. The fourth-order valence-electron chi connectivity index (χ4n) is 2.63. The van der Waals surface area contributed by atoms with Crippen LogP contribution in [0.2, 0.25) is 0 Å². The smallest absolute Gasteiger partial charge is 0.232 e. The van der Waals surface area contributed by atoms with Gasteiger partial charge in [-0.2, -0.15) is 0 Å². The third-order valence-electron chi connectivity index (χ3n) is 3.72. The molecular formula is C13H19N5O. The van der Waals surface area contributed by atoms with E-state index in [0.717, 1.165) is 37.2 Å². The monoisotopic (exact) mass is 261 g/mol. The van der Waals surface area contributed by atoms with Crippen molar-refractivity contribution in [1.29, 1.82) is 0 Å². The van der Waals surface area contributed by atoms with Gasteiger partial charge < -0.3 is 15.0 Å². The van der Waals surface area contributed by atoms with Gasteiger partial charge in [0.15, 0.2) is 5.65 Å². The molecule has 2 aromatic heterocycles. The van der Waals surface area contributed by atoms with Gasteiger partial charge >= 0.3 is 0 Å². The molecule has 0 radical (unpaired) electrons. The first-order valence-electron chi connectivity index (χ1n) is 6.58. The summed E-state index contributed by atoms with van der Waals surface area (Å²) in [5.41, 5.74) is 2.94. The number of ether oxygens (including phenoxy) is 1. The van der Waals surface area contributed by atoms with E-state index in [1.807, 2.05) is 6.20 Å². The van der Waals surface area contributed by atoms with E-state index in [-0.39, 0.29) is 0 Å². The van der Waals surface area contributed by atoms with E-state index in [9.17, 15) is 0 Å². The summed E-state index contributed by atoms with van der Waals surface area (Å²) in [5, 5.41) is 3.43. The third-order valence-corrected chi connectivity index (χ3v) is 3.72. The predicted octanol–water partition coefficient (Wildman–Crippen LogP) is 0.933. The molecule has 6 nitrogen and oxygen atoms in total. The molecular weight excluding hydrogens is 242 g/mol. The fourth-order valence-corrected chi connectivity index (χ4v) is 2.63. The highest BCUT2D eigenvalue weighted by atomic mass is 16.5. The second-order valence-corrected chi connectivity index (χ2v) is 4.89. The molecule has 102 valence electrons. The van der Waals surface area contributed by atoms with Crippen LogP contribution in [0, 0.1) is 0 Å². The molecule has 2 N–H and O–H groups in total. The van der Waals surface area contributed by atoms with Crippen molar-refractivity contribution in [2.45, 2.75) is 12.5 Å². The lowest BCUT2D eigenvalue weighted by atomic mass is 10.1. The molecule has 0 bridgehead atoms. The quantitative estimate of drug-likeness (QED) is 0.842. The van der Waals surface area contributed by atoms with E-state index in [4.69, 9.17) is 4.74 Å². The van der Waals surface area contributed by atoms with Gasteiger partial charge in [0.1, 0.15) is 5.52 Å². The van der Waals surface area contributed by atoms with Gasteiger partial charge in [-0.15, -0.1) is 0 Å². The molecule has 0 amide bonds. The number of nitrogens with one attached hydrogen (secondary N) is 2. The summed E-state index contributed by atoms with van der Waals surface area (Å²) < 4.78 is 5.17. The second kappa shape index (κ2) is 5.14. The molecule has 1 atom stereocenters. The standard InChI is InChI=1S/C13H19N5O/c1-18-6-5-14-4-3-10(18)9-7-15-13-12(9)17-11(19-2)8-16-13/h7-8,10,14H,3-6H2,1-2H3,(H,15,16). The Balaban J connectivity index is 2.03. The zero-order valence-corrected chi connectivity index (χ0v) is 11.3. The number of nitrogens with zero attached hydrogens (tertiary/aromatic N) is 3. The SMILES string of the molecule is COc1cnc2[nH]cc(C3CCNCCN3C)c2n1. The molecule has 19 heavy (non-hydrogen) atoms. The van der Waals surface area contributed by atoms with Crippen molar-refractivity contribution >= 4 is 11.2 Å². The lowest BCUT2D eigenvalue weighted by molar-refractivity contribution is 0.259. The van der Waals surface area contributed by atoms with E-state index in [1.165, 1.54) is 5.56 Å². The number of H-pyrrole nitrogens is 1. The molecule has 1 fully saturated rings. The molecule has 1 saturated heterocycles. The summed E-state index contributed by atoms with van der Waals surface area (Å²) in [5.74, 6) is 0.558. The van der Waals surface area contributed by atoms with Crippen LogP contribution in [0.25, 0.3) is 11.2 Å². The van der Waals surface area contributed by atoms with Gasteiger partial charge in [-0.25, -0.2) is 9.97 Å². The second-order valence-electron chi connectivity index (χ2n) is 4.89. The third kappa shape index (κ3) is 2.29. The Bertz CT molecular complexity index is 567. The van der Waals surface area contributed by atoms with Crippen molar-refractivity contribution in [1.82, 2.24) is 25.2 Å². The Kier molecular flexibility index (Phi) is 3.35. The van der Waals surface area contributed by atoms with Crippen molar-refractivity contribution in [3.8, 4) is 5.88 Å². The zero-order valence-electron chi connectivity index (χ0n) is 11.3. The van der Waals surface area contributed by atoms with Gasteiger partial charge in [0, 0.05) is 30.9 Å². The number of aromatic nitrogens is 3. The molecule has 1 aliphatic heterocycles. The predicted molar refractivity (Wildman–Crippen MR) is 73.3 cm³/mol. The number of rotatable bonds is 2. The van der Waals surface area contributed by atoms with Crippen LogP contribution in [0.15, 0.2) is 12.4 Å². The van der Waals surface area contributed by atoms with Crippen LogP contribution in [-0.2, 0) is 0 Å². The average Bonchev–Trinajstić information content (AvgIpc) is 2.73. The fraction of sp³-hybridized carbons (Fsp3) is 0.538. The largest absolute Gasteiger partial charge is 0.480 e. The Morgan fingerprint density at radius 2 is 2.32 bits per heavy atom. The highest BCUT2D eigenvalue weighted by Crippen LogP contribution is 2.29. The molecule has 1 aliphatic rings. The number of hydrogen-bond donors (Lipinski definition) is 2.